The standard InChI is InChI=1S/C22H18N4O3S/c1-2-15-6-11-19-20(13-15)30-22(24-19)25(14-17-5-3-4-12-23-17)21(27)16-7-9-18(10-8-16)26(28)29/h3-13H,2,14H2,1H3. The molecule has 2 aromatic carbocycles. The predicted molar refractivity (Wildman–Crippen MR) is 117 cm³/mol. The fourth-order valence-corrected chi connectivity index (χ4v) is 4.08. The second-order valence-corrected chi connectivity index (χ2v) is 7.68. The number of fused-ring (bicyclic) bond motifs is 1. The lowest BCUT2D eigenvalue weighted by molar-refractivity contribution is -0.384. The van der Waals surface area contributed by atoms with Crippen LogP contribution in [-0.2, 0) is 13.0 Å². The Bertz CT molecular complexity index is 1210. The molecule has 0 N–H and O–H groups in total. The second-order valence-electron chi connectivity index (χ2n) is 6.67. The van der Waals surface area contributed by atoms with Gasteiger partial charge in [-0.15, -0.1) is 0 Å². The molecule has 7 nitrogen and oxygen atoms in total. The third-order valence-corrected chi connectivity index (χ3v) is 5.74. The van der Waals surface area contributed by atoms with Crippen molar-refractivity contribution in [2.45, 2.75) is 19.9 Å². The Hall–Kier alpha value is -3.65. The van der Waals surface area contributed by atoms with Gasteiger partial charge in [0, 0.05) is 23.9 Å². The number of carbonyl (C=O) groups is 1. The van der Waals surface area contributed by atoms with Crippen LogP contribution in [0.3, 0.4) is 0 Å². The summed E-state index contributed by atoms with van der Waals surface area (Å²) < 4.78 is 1.01. The molecule has 0 spiro atoms. The van der Waals surface area contributed by atoms with Gasteiger partial charge in [-0.2, -0.15) is 0 Å². The van der Waals surface area contributed by atoms with Gasteiger partial charge in [0.05, 0.1) is 27.4 Å². The van der Waals surface area contributed by atoms with E-state index in [2.05, 4.69) is 23.0 Å². The maximum absolute atomic E-state index is 13.3. The molecule has 30 heavy (non-hydrogen) atoms. The molecule has 0 atom stereocenters. The largest absolute Gasteiger partial charge is 0.278 e. The van der Waals surface area contributed by atoms with E-state index in [0.29, 0.717) is 10.7 Å². The average Bonchev–Trinajstić information content (AvgIpc) is 3.20. The Morgan fingerprint density at radius 3 is 2.60 bits per heavy atom. The summed E-state index contributed by atoms with van der Waals surface area (Å²) >= 11 is 1.44. The Morgan fingerprint density at radius 2 is 1.93 bits per heavy atom. The molecule has 0 bridgehead atoms. The van der Waals surface area contributed by atoms with Crippen molar-refractivity contribution in [3.05, 3.63) is 93.8 Å². The summed E-state index contributed by atoms with van der Waals surface area (Å²) in [6.07, 6.45) is 2.60. The Morgan fingerprint density at radius 1 is 1.13 bits per heavy atom. The van der Waals surface area contributed by atoms with E-state index in [4.69, 9.17) is 0 Å². The SMILES string of the molecule is CCc1ccc2nc(N(Cc3ccccn3)C(=O)c3ccc([N+](=O)[O-])cc3)sc2c1. The van der Waals surface area contributed by atoms with E-state index in [-0.39, 0.29) is 18.1 Å². The zero-order valence-electron chi connectivity index (χ0n) is 16.2. The second kappa shape index (κ2) is 8.38. The lowest BCUT2D eigenvalue weighted by Crippen LogP contribution is -2.30. The van der Waals surface area contributed by atoms with Crippen molar-refractivity contribution in [3.8, 4) is 0 Å². The van der Waals surface area contributed by atoms with Gasteiger partial charge in [-0.05, 0) is 48.4 Å². The molecule has 0 saturated heterocycles. The van der Waals surface area contributed by atoms with Crippen LogP contribution in [-0.4, -0.2) is 20.8 Å². The predicted octanol–water partition coefficient (Wildman–Crippen LogP) is 5.01. The van der Waals surface area contributed by atoms with E-state index < -0.39 is 4.92 Å². The summed E-state index contributed by atoms with van der Waals surface area (Å²) in [5.74, 6) is -0.287. The topological polar surface area (TPSA) is 89.2 Å². The molecule has 0 aliphatic carbocycles. The maximum atomic E-state index is 13.3. The Balaban J connectivity index is 1.74. The van der Waals surface area contributed by atoms with Gasteiger partial charge in [0.15, 0.2) is 5.13 Å². The molecule has 4 rings (SSSR count). The Labute approximate surface area is 176 Å². The number of carbonyl (C=O) groups excluding carboxylic acids is 1. The molecule has 2 aromatic heterocycles. The number of aromatic nitrogens is 2. The number of thiazole rings is 1. The number of hydrogen-bond acceptors (Lipinski definition) is 6. The highest BCUT2D eigenvalue weighted by Gasteiger charge is 2.23. The van der Waals surface area contributed by atoms with Gasteiger partial charge < -0.3 is 0 Å². The zero-order chi connectivity index (χ0) is 21.1. The van der Waals surface area contributed by atoms with Crippen molar-refractivity contribution in [3.63, 3.8) is 0 Å². The summed E-state index contributed by atoms with van der Waals surface area (Å²) in [6.45, 7) is 2.34. The van der Waals surface area contributed by atoms with Crippen LogP contribution in [0.2, 0.25) is 0 Å². The minimum Gasteiger partial charge on any atom is -0.278 e. The highest BCUT2D eigenvalue weighted by atomic mass is 32.1. The molecule has 0 unspecified atom stereocenters. The van der Waals surface area contributed by atoms with Crippen molar-refractivity contribution in [1.29, 1.82) is 0 Å². The van der Waals surface area contributed by atoms with Crippen LogP contribution in [0.25, 0.3) is 10.2 Å². The van der Waals surface area contributed by atoms with Gasteiger partial charge in [0.2, 0.25) is 0 Å². The summed E-state index contributed by atoms with van der Waals surface area (Å²) in [4.78, 5) is 34.3. The Kier molecular flexibility index (Phi) is 5.49. The van der Waals surface area contributed by atoms with Gasteiger partial charge in [-0.3, -0.25) is 24.8 Å². The smallest absolute Gasteiger partial charge is 0.269 e. The van der Waals surface area contributed by atoms with Crippen LogP contribution in [0.1, 0.15) is 28.5 Å². The number of hydrogen-bond donors (Lipinski definition) is 0. The first-order valence-corrected chi connectivity index (χ1v) is 10.2. The molecule has 4 aromatic rings. The molecule has 0 aliphatic rings. The summed E-state index contributed by atoms with van der Waals surface area (Å²) in [7, 11) is 0. The zero-order valence-corrected chi connectivity index (χ0v) is 17.0. The lowest BCUT2D eigenvalue weighted by atomic mass is 10.1. The van der Waals surface area contributed by atoms with E-state index in [0.717, 1.165) is 22.3 Å². The molecule has 0 radical (unpaired) electrons. The summed E-state index contributed by atoms with van der Waals surface area (Å²) in [5.41, 5.74) is 3.05. The number of rotatable bonds is 6. The third kappa shape index (κ3) is 4.04. The molecular weight excluding hydrogens is 400 g/mol. The number of aryl methyl sites for hydroxylation is 1. The number of nitro benzene ring substituents is 1. The van der Waals surface area contributed by atoms with E-state index in [1.54, 1.807) is 11.1 Å². The van der Waals surface area contributed by atoms with E-state index in [1.165, 1.54) is 41.2 Å². The number of non-ortho nitro benzene ring substituents is 1. The number of anilines is 1. The van der Waals surface area contributed by atoms with Crippen molar-refractivity contribution < 1.29 is 9.72 Å². The fraction of sp³-hybridized carbons (Fsp3) is 0.136. The first-order chi connectivity index (χ1) is 14.5. The molecule has 0 saturated carbocycles. The highest BCUT2D eigenvalue weighted by Crippen LogP contribution is 2.31. The molecule has 1 amide bonds. The molecule has 2 heterocycles. The molecule has 150 valence electrons. The van der Waals surface area contributed by atoms with Crippen molar-refractivity contribution in [2.75, 3.05) is 4.90 Å². The first kappa shape index (κ1) is 19.7. The van der Waals surface area contributed by atoms with Crippen LogP contribution in [0.4, 0.5) is 10.8 Å². The summed E-state index contributed by atoms with van der Waals surface area (Å²) in [6, 6.07) is 17.2. The van der Waals surface area contributed by atoms with E-state index in [9.17, 15) is 14.9 Å². The van der Waals surface area contributed by atoms with Gasteiger partial charge in [-0.25, -0.2) is 4.98 Å². The molecule has 8 heteroatoms. The van der Waals surface area contributed by atoms with Crippen molar-refractivity contribution in [2.24, 2.45) is 0 Å². The first-order valence-electron chi connectivity index (χ1n) is 9.41. The number of benzene rings is 2. The minimum atomic E-state index is -0.487. The van der Waals surface area contributed by atoms with Crippen molar-refractivity contribution >= 4 is 38.3 Å². The van der Waals surface area contributed by atoms with Gasteiger partial charge in [0.25, 0.3) is 11.6 Å². The number of pyridine rings is 1. The van der Waals surface area contributed by atoms with Crippen molar-refractivity contribution in [1.82, 2.24) is 9.97 Å². The van der Waals surface area contributed by atoms with Crippen LogP contribution in [0, 0.1) is 10.1 Å². The third-order valence-electron chi connectivity index (χ3n) is 4.70. The van der Waals surface area contributed by atoms with Gasteiger partial charge in [-0.1, -0.05) is 30.4 Å². The quantitative estimate of drug-likeness (QED) is 0.324. The normalized spacial score (nSPS) is 10.8. The molecule has 0 aliphatic heterocycles. The van der Waals surface area contributed by atoms with Crippen LogP contribution in [0.5, 0.6) is 0 Å². The maximum Gasteiger partial charge on any atom is 0.269 e. The lowest BCUT2D eigenvalue weighted by Gasteiger charge is -2.19. The average molecular weight is 418 g/mol. The van der Waals surface area contributed by atoms with Gasteiger partial charge >= 0.3 is 0 Å². The minimum absolute atomic E-state index is 0.0603. The molecular formula is C22H18N4O3S. The fourth-order valence-electron chi connectivity index (χ4n) is 3.05. The van der Waals surface area contributed by atoms with Crippen LogP contribution in [0.15, 0.2) is 66.9 Å². The summed E-state index contributed by atoms with van der Waals surface area (Å²) in [5, 5.41) is 11.5. The highest BCUT2D eigenvalue weighted by molar-refractivity contribution is 7.22. The number of nitrogens with zero attached hydrogens (tertiary/aromatic N) is 4. The molecule has 0 fully saturated rings. The number of amides is 1. The monoisotopic (exact) mass is 418 g/mol. The number of nitro groups is 1. The van der Waals surface area contributed by atoms with Crippen LogP contribution < -0.4 is 4.90 Å². The van der Waals surface area contributed by atoms with E-state index >= 15 is 0 Å². The van der Waals surface area contributed by atoms with Crippen LogP contribution >= 0.6 is 11.3 Å². The van der Waals surface area contributed by atoms with E-state index in [1.807, 2.05) is 30.3 Å². The van der Waals surface area contributed by atoms with Gasteiger partial charge in [0.1, 0.15) is 0 Å².